The molecule has 1 heterocycles. The first-order valence-corrected chi connectivity index (χ1v) is 4.92. The lowest BCUT2D eigenvalue weighted by atomic mass is 9.64. The molecule has 0 aliphatic heterocycles. The highest BCUT2D eigenvalue weighted by Crippen LogP contribution is 2.43. The molecule has 1 aliphatic carbocycles. The maximum Gasteiger partial charge on any atom is 0.317 e. The fraction of sp³-hybridized carbons (Fsp3) is 0.778. The van der Waals surface area contributed by atoms with Crippen molar-refractivity contribution in [3.05, 3.63) is 0 Å². The molecule has 0 spiro atoms. The van der Waals surface area contributed by atoms with Crippen LogP contribution in [0.3, 0.4) is 0 Å². The molecule has 15 heavy (non-hydrogen) atoms. The van der Waals surface area contributed by atoms with Crippen LogP contribution in [0.4, 0.5) is 12.0 Å². The highest BCUT2D eigenvalue weighted by molar-refractivity contribution is 5.28. The molecule has 1 fully saturated rings. The molecule has 2 rings (SSSR count). The molecule has 0 saturated heterocycles. The molecule has 0 amide bonds. The van der Waals surface area contributed by atoms with Gasteiger partial charge in [0, 0.05) is 18.6 Å². The van der Waals surface area contributed by atoms with Gasteiger partial charge in [-0.25, -0.2) is 0 Å². The van der Waals surface area contributed by atoms with Crippen molar-refractivity contribution < 1.29 is 9.15 Å². The van der Waals surface area contributed by atoms with Gasteiger partial charge in [0.15, 0.2) is 0 Å². The lowest BCUT2D eigenvalue weighted by molar-refractivity contribution is -0.0799. The van der Waals surface area contributed by atoms with E-state index in [0.29, 0.717) is 6.01 Å². The summed E-state index contributed by atoms with van der Waals surface area (Å²) >= 11 is 0. The fourth-order valence-electron chi connectivity index (χ4n) is 1.97. The summed E-state index contributed by atoms with van der Waals surface area (Å²) in [6, 6.07) is 0.736. The van der Waals surface area contributed by atoms with Crippen LogP contribution in [0.2, 0.25) is 0 Å². The smallest absolute Gasteiger partial charge is 0.317 e. The van der Waals surface area contributed by atoms with Gasteiger partial charge < -0.3 is 20.2 Å². The standard InChI is InChI=1S/C9H16N4O2/c1-9(2)5(4-6(9)14-3)11-8-13-12-7(10)15-8/h5-6H,4H2,1-3H3,(H2,10,12)(H,11,13). The molecule has 84 valence electrons. The molecule has 2 unspecified atom stereocenters. The van der Waals surface area contributed by atoms with E-state index in [1.54, 1.807) is 7.11 Å². The Morgan fingerprint density at radius 2 is 2.27 bits per heavy atom. The molecule has 0 radical (unpaired) electrons. The third-order valence-electron chi connectivity index (χ3n) is 3.20. The predicted octanol–water partition coefficient (Wildman–Crippen LogP) is 0.877. The summed E-state index contributed by atoms with van der Waals surface area (Å²) in [5.74, 6) is 0. The van der Waals surface area contributed by atoms with Crippen molar-refractivity contribution in [2.24, 2.45) is 5.41 Å². The third kappa shape index (κ3) is 1.65. The minimum atomic E-state index is 0.0674. The van der Waals surface area contributed by atoms with E-state index in [2.05, 4.69) is 29.4 Å². The first-order chi connectivity index (χ1) is 7.04. The third-order valence-corrected chi connectivity index (χ3v) is 3.20. The number of hydrogen-bond acceptors (Lipinski definition) is 6. The molecule has 2 atom stereocenters. The summed E-state index contributed by atoms with van der Waals surface area (Å²) < 4.78 is 10.4. The maximum absolute atomic E-state index is 5.34. The molecular weight excluding hydrogens is 196 g/mol. The van der Waals surface area contributed by atoms with Crippen molar-refractivity contribution in [3.8, 4) is 0 Å². The number of anilines is 2. The number of rotatable bonds is 3. The van der Waals surface area contributed by atoms with E-state index in [1.807, 2.05) is 0 Å². The Labute approximate surface area is 88.2 Å². The Morgan fingerprint density at radius 1 is 1.53 bits per heavy atom. The average molecular weight is 212 g/mol. The van der Waals surface area contributed by atoms with Crippen molar-refractivity contribution >= 4 is 12.0 Å². The zero-order valence-electron chi connectivity index (χ0n) is 9.15. The number of nitrogens with two attached hydrogens (primary N) is 1. The Balaban J connectivity index is 1.98. The van der Waals surface area contributed by atoms with E-state index in [-0.39, 0.29) is 23.6 Å². The molecule has 1 aromatic heterocycles. The predicted molar refractivity (Wildman–Crippen MR) is 55.3 cm³/mol. The number of nitrogens with one attached hydrogen (secondary N) is 1. The lowest BCUT2D eigenvalue weighted by Crippen LogP contribution is -2.57. The van der Waals surface area contributed by atoms with Crippen molar-refractivity contribution in [2.45, 2.75) is 32.4 Å². The monoisotopic (exact) mass is 212 g/mol. The van der Waals surface area contributed by atoms with Gasteiger partial charge >= 0.3 is 12.0 Å². The Hall–Kier alpha value is -1.30. The second-order valence-electron chi connectivity index (χ2n) is 4.42. The Kier molecular flexibility index (Phi) is 2.30. The molecule has 1 aliphatic rings. The van der Waals surface area contributed by atoms with Crippen LogP contribution in [0.25, 0.3) is 0 Å². The molecule has 1 aromatic rings. The van der Waals surface area contributed by atoms with Gasteiger partial charge in [-0.15, -0.1) is 0 Å². The molecular formula is C9H16N4O2. The van der Waals surface area contributed by atoms with E-state index in [0.717, 1.165) is 6.42 Å². The molecule has 6 heteroatoms. The minimum Gasteiger partial charge on any atom is -0.390 e. The van der Waals surface area contributed by atoms with Crippen molar-refractivity contribution in [1.82, 2.24) is 10.2 Å². The average Bonchev–Trinajstić information content (AvgIpc) is 2.58. The van der Waals surface area contributed by atoms with Crippen LogP contribution in [0.1, 0.15) is 20.3 Å². The first kappa shape index (κ1) is 10.2. The first-order valence-electron chi connectivity index (χ1n) is 4.92. The zero-order valence-corrected chi connectivity index (χ0v) is 9.15. The second-order valence-corrected chi connectivity index (χ2v) is 4.42. The van der Waals surface area contributed by atoms with Crippen LogP contribution in [-0.2, 0) is 4.74 Å². The van der Waals surface area contributed by atoms with Crippen LogP contribution in [0.5, 0.6) is 0 Å². The van der Waals surface area contributed by atoms with E-state index >= 15 is 0 Å². The lowest BCUT2D eigenvalue weighted by Gasteiger charge is -2.50. The number of ether oxygens (including phenoxy) is 1. The van der Waals surface area contributed by atoms with Crippen LogP contribution < -0.4 is 11.1 Å². The number of hydrogen-bond donors (Lipinski definition) is 2. The van der Waals surface area contributed by atoms with Gasteiger partial charge in [-0.3, -0.25) is 0 Å². The van der Waals surface area contributed by atoms with Gasteiger partial charge in [0.2, 0.25) is 0 Å². The second kappa shape index (κ2) is 3.37. The highest BCUT2D eigenvalue weighted by Gasteiger charge is 2.49. The van der Waals surface area contributed by atoms with Gasteiger partial charge in [-0.05, 0) is 6.42 Å². The van der Waals surface area contributed by atoms with Gasteiger partial charge in [-0.1, -0.05) is 24.0 Å². The van der Waals surface area contributed by atoms with E-state index in [1.165, 1.54) is 0 Å². The van der Waals surface area contributed by atoms with Gasteiger partial charge in [0.1, 0.15) is 0 Å². The van der Waals surface area contributed by atoms with Gasteiger partial charge in [0.25, 0.3) is 0 Å². The van der Waals surface area contributed by atoms with Crippen molar-refractivity contribution in [2.75, 3.05) is 18.2 Å². The van der Waals surface area contributed by atoms with E-state index < -0.39 is 0 Å². The maximum atomic E-state index is 5.34. The molecule has 3 N–H and O–H groups in total. The number of nitrogens with zero attached hydrogens (tertiary/aromatic N) is 2. The summed E-state index contributed by atoms with van der Waals surface area (Å²) in [6.45, 7) is 4.28. The minimum absolute atomic E-state index is 0.0674. The largest absolute Gasteiger partial charge is 0.390 e. The molecule has 0 aromatic carbocycles. The number of methoxy groups -OCH3 is 1. The summed E-state index contributed by atoms with van der Waals surface area (Å²) in [6.07, 6.45) is 1.21. The topological polar surface area (TPSA) is 86.2 Å². The zero-order chi connectivity index (χ0) is 11.1. The van der Waals surface area contributed by atoms with Crippen LogP contribution in [0, 0.1) is 5.41 Å². The Morgan fingerprint density at radius 3 is 2.73 bits per heavy atom. The number of nitrogen functional groups attached to an aromatic ring is 1. The molecule has 1 saturated carbocycles. The van der Waals surface area contributed by atoms with E-state index in [9.17, 15) is 0 Å². The van der Waals surface area contributed by atoms with Crippen molar-refractivity contribution in [1.29, 1.82) is 0 Å². The van der Waals surface area contributed by atoms with E-state index in [4.69, 9.17) is 14.9 Å². The molecule has 6 nitrogen and oxygen atoms in total. The summed E-state index contributed by atoms with van der Waals surface area (Å²) in [7, 11) is 1.73. The van der Waals surface area contributed by atoms with Crippen molar-refractivity contribution in [3.63, 3.8) is 0 Å². The Bertz CT molecular complexity index is 350. The highest BCUT2D eigenvalue weighted by atomic mass is 16.5. The van der Waals surface area contributed by atoms with Gasteiger partial charge in [0.05, 0.1) is 6.10 Å². The normalized spacial score (nSPS) is 28.5. The summed E-state index contributed by atoms with van der Waals surface area (Å²) in [4.78, 5) is 0. The van der Waals surface area contributed by atoms with Crippen LogP contribution >= 0.6 is 0 Å². The SMILES string of the molecule is COC1CC(Nc2nnc(N)o2)C1(C)C. The van der Waals surface area contributed by atoms with Crippen LogP contribution in [-0.4, -0.2) is 29.5 Å². The summed E-state index contributed by atoms with van der Waals surface area (Å²) in [5, 5.41) is 10.5. The summed E-state index contributed by atoms with van der Waals surface area (Å²) in [5.41, 5.74) is 5.40. The molecule has 0 bridgehead atoms. The van der Waals surface area contributed by atoms with Crippen LogP contribution in [0.15, 0.2) is 4.42 Å². The quantitative estimate of drug-likeness (QED) is 0.773. The fourth-order valence-corrected chi connectivity index (χ4v) is 1.97. The van der Waals surface area contributed by atoms with Gasteiger partial charge in [-0.2, -0.15) is 0 Å². The number of aromatic nitrogens is 2.